The standard InChI is InChI=1S/C30H38N2O/c33-29-30(18-7-11-24-10-6-14-27(31-29)28(24)30)17-3-4-19-32-20-15-23(16-21-32)26-13-5-9-22-8-1-2-12-25(22)26/h1-2,6,8,10,12,14,23,26H,3-5,7,9,11,13,15-21H2,(H,31,33). The van der Waals surface area contributed by atoms with Gasteiger partial charge in [0, 0.05) is 5.69 Å². The van der Waals surface area contributed by atoms with Crippen LogP contribution >= 0.6 is 0 Å². The fourth-order valence-corrected chi connectivity index (χ4v) is 7.64. The fraction of sp³-hybridized carbons (Fsp3) is 0.567. The Morgan fingerprint density at radius 3 is 2.64 bits per heavy atom. The van der Waals surface area contributed by atoms with Gasteiger partial charge in [0.2, 0.25) is 5.91 Å². The van der Waals surface area contributed by atoms with Crippen molar-refractivity contribution in [2.45, 2.75) is 82.0 Å². The Bertz CT molecular complexity index is 1020. The van der Waals surface area contributed by atoms with E-state index < -0.39 is 0 Å². The zero-order valence-corrected chi connectivity index (χ0v) is 20.0. The van der Waals surface area contributed by atoms with Crippen LogP contribution in [0.5, 0.6) is 0 Å². The van der Waals surface area contributed by atoms with E-state index in [9.17, 15) is 4.79 Å². The maximum atomic E-state index is 13.0. The highest BCUT2D eigenvalue weighted by Gasteiger charge is 2.48. The van der Waals surface area contributed by atoms with E-state index in [0.717, 1.165) is 49.6 Å². The number of rotatable bonds is 6. The van der Waals surface area contributed by atoms with Crippen LogP contribution < -0.4 is 5.32 Å². The minimum atomic E-state index is -0.245. The molecule has 33 heavy (non-hydrogen) atoms. The van der Waals surface area contributed by atoms with E-state index in [1.165, 1.54) is 69.3 Å². The summed E-state index contributed by atoms with van der Waals surface area (Å²) in [5, 5.41) is 3.20. The van der Waals surface area contributed by atoms with Gasteiger partial charge in [-0.2, -0.15) is 0 Å². The molecule has 0 bridgehead atoms. The van der Waals surface area contributed by atoms with Crippen molar-refractivity contribution < 1.29 is 4.79 Å². The number of likely N-dealkylation sites (tertiary alicyclic amines) is 1. The van der Waals surface area contributed by atoms with E-state index in [-0.39, 0.29) is 11.3 Å². The highest BCUT2D eigenvalue weighted by Crippen LogP contribution is 2.49. The second kappa shape index (κ2) is 8.91. The van der Waals surface area contributed by atoms with E-state index in [0.29, 0.717) is 0 Å². The topological polar surface area (TPSA) is 32.3 Å². The highest BCUT2D eigenvalue weighted by molar-refractivity contribution is 6.07. The predicted molar refractivity (Wildman–Crippen MR) is 135 cm³/mol. The largest absolute Gasteiger partial charge is 0.325 e. The molecule has 0 radical (unpaired) electrons. The molecule has 2 heterocycles. The Kier molecular flexibility index (Phi) is 5.78. The third-order valence-corrected chi connectivity index (χ3v) is 9.31. The Hall–Kier alpha value is -2.13. The molecule has 1 fully saturated rings. The van der Waals surface area contributed by atoms with Gasteiger partial charge in [-0.1, -0.05) is 42.8 Å². The SMILES string of the molecule is O=C1Nc2cccc3c2C1(CCCCN1CCC(C2CCCc4ccccc42)CC1)CCC3. The molecule has 2 atom stereocenters. The summed E-state index contributed by atoms with van der Waals surface area (Å²) >= 11 is 0. The molecule has 2 unspecified atom stereocenters. The Labute approximate surface area is 199 Å². The number of unbranched alkanes of at least 4 members (excludes halogenated alkanes) is 1. The van der Waals surface area contributed by atoms with E-state index in [1.54, 1.807) is 11.1 Å². The molecule has 2 aromatic rings. The number of anilines is 1. The average Bonchev–Trinajstić information content (AvgIpc) is 3.15. The molecule has 6 rings (SSSR count). The molecule has 174 valence electrons. The van der Waals surface area contributed by atoms with Crippen LogP contribution in [0.3, 0.4) is 0 Å². The lowest BCUT2D eigenvalue weighted by Gasteiger charge is -2.39. The first-order chi connectivity index (χ1) is 16.2. The zero-order chi connectivity index (χ0) is 22.3. The normalized spacial score (nSPS) is 27.2. The van der Waals surface area contributed by atoms with E-state index in [4.69, 9.17) is 0 Å². The van der Waals surface area contributed by atoms with Gasteiger partial charge >= 0.3 is 0 Å². The van der Waals surface area contributed by atoms with Crippen molar-refractivity contribution in [3.8, 4) is 0 Å². The first-order valence-corrected chi connectivity index (χ1v) is 13.5. The molecule has 2 aliphatic heterocycles. The molecule has 2 aromatic carbocycles. The summed E-state index contributed by atoms with van der Waals surface area (Å²) in [5.74, 6) is 1.91. The first-order valence-electron chi connectivity index (χ1n) is 13.5. The Balaban J connectivity index is 1.01. The molecule has 3 heteroatoms. The van der Waals surface area contributed by atoms with Crippen LogP contribution in [-0.4, -0.2) is 30.4 Å². The molecule has 0 aromatic heterocycles. The maximum Gasteiger partial charge on any atom is 0.235 e. The van der Waals surface area contributed by atoms with Gasteiger partial charge in [0.1, 0.15) is 0 Å². The van der Waals surface area contributed by atoms with Gasteiger partial charge in [-0.25, -0.2) is 0 Å². The average molecular weight is 443 g/mol. The Morgan fingerprint density at radius 1 is 0.909 bits per heavy atom. The number of carbonyl (C=O) groups is 1. The highest BCUT2D eigenvalue weighted by atomic mass is 16.2. The first kappa shape index (κ1) is 21.4. The van der Waals surface area contributed by atoms with E-state index in [1.807, 2.05) is 0 Å². The zero-order valence-electron chi connectivity index (χ0n) is 20.0. The van der Waals surface area contributed by atoms with Gasteiger partial charge in [-0.3, -0.25) is 4.79 Å². The summed E-state index contributed by atoms with van der Waals surface area (Å²) in [6.45, 7) is 3.70. The molecule has 0 spiro atoms. The lowest BCUT2D eigenvalue weighted by atomic mass is 9.68. The minimum absolute atomic E-state index is 0.245. The number of benzene rings is 2. The molecule has 1 amide bonds. The van der Waals surface area contributed by atoms with E-state index >= 15 is 0 Å². The van der Waals surface area contributed by atoms with Crippen LogP contribution in [0.2, 0.25) is 0 Å². The predicted octanol–water partition coefficient (Wildman–Crippen LogP) is 6.22. The number of carbonyl (C=O) groups excluding carboxylic acids is 1. The number of hydrogen-bond donors (Lipinski definition) is 1. The van der Waals surface area contributed by atoms with Gasteiger partial charge in [0.05, 0.1) is 5.41 Å². The molecule has 3 nitrogen and oxygen atoms in total. The van der Waals surface area contributed by atoms with Gasteiger partial charge < -0.3 is 10.2 Å². The summed E-state index contributed by atoms with van der Waals surface area (Å²) in [7, 11) is 0. The van der Waals surface area contributed by atoms with Crippen LogP contribution in [0.25, 0.3) is 0 Å². The van der Waals surface area contributed by atoms with Crippen molar-refractivity contribution in [2.24, 2.45) is 5.92 Å². The second-order valence-corrected chi connectivity index (χ2v) is 11.1. The van der Waals surface area contributed by atoms with Gasteiger partial charge in [0.15, 0.2) is 0 Å². The third-order valence-electron chi connectivity index (χ3n) is 9.31. The molecule has 4 aliphatic rings. The van der Waals surface area contributed by atoms with Crippen LogP contribution in [-0.2, 0) is 23.1 Å². The van der Waals surface area contributed by atoms with Crippen molar-refractivity contribution >= 4 is 11.6 Å². The van der Waals surface area contributed by atoms with Crippen LogP contribution in [0.4, 0.5) is 5.69 Å². The monoisotopic (exact) mass is 442 g/mol. The fourth-order valence-electron chi connectivity index (χ4n) is 7.64. The maximum absolute atomic E-state index is 13.0. The summed E-state index contributed by atoms with van der Waals surface area (Å²) in [5.41, 5.74) is 6.86. The summed E-state index contributed by atoms with van der Waals surface area (Å²) in [4.78, 5) is 15.7. The van der Waals surface area contributed by atoms with Crippen molar-refractivity contribution in [3.63, 3.8) is 0 Å². The van der Waals surface area contributed by atoms with Crippen molar-refractivity contribution in [1.29, 1.82) is 0 Å². The molecule has 1 saturated heterocycles. The Morgan fingerprint density at radius 2 is 1.73 bits per heavy atom. The minimum Gasteiger partial charge on any atom is -0.325 e. The van der Waals surface area contributed by atoms with E-state index in [2.05, 4.69) is 52.7 Å². The van der Waals surface area contributed by atoms with Crippen molar-refractivity contribution in [3.05, 3.63) is 64.7 Å². The lowest BCUT2D eigenvalue weighted by molar-refractivity contribution is -0.121. The second-order valence-electron chi connectivity index (χ2n) is 11.1. The summed E-state index contributed by atoms with van der Waals surface area (Å²) < 4.78 is 0. The van der Waals surface area contributed by atoms with Crippen LogP contribution in [0, 0.1) is 5.92 Å². The molecule has 0 saturated carbocycles. The molecule has 1 N–H and O–H groups in total. The van der Waals surface area contributed by atoms with Gasteiger partial charge in [-0.15, -0.1) is 0 Å². The van der Waals surface area contributed by atoms with Crippen LogP contribution in [0.15, 0.2) is 42.5 Å². The number of hydrogen-bond acceptors (Lipinski definition) is 2. The number of aryl methyl sites for hydroxylation is 2. The number of amides is 1. The number of nitrogens with one attached hydrogen (secondary N) is 1. The molecular weight excluding hydrogens is 404 g/mol. The van der Waals surface area contributed by atoms with Crippen LogP contribution in [0.1, 0.15) is 86.0 Å². The van der Waals surface area contributed by atoms with Crippen molar-refractivity contribution in [1.82, 2.24) is 4.90 Å². The summed E-state index contributed by atoms with van der Waals surface area (Å²) in [6.07, 6.45) is 13.4. The quantitative estimate of drug-likeness (QED) is 0.539. The van der Waals surface area contributed by atoms with Crippen molar-refractivity contribution in [2.75, 3.05) is 25.0 Å². The molecular formula is C30H38N2O. The summed E-state index contributed by atoms with van der Waals surface area (Å²) in [6, 6.07) is 15.6. The number of nitrogens with zero attached hydrogens (tertiary/aromatic N) is 1. The molecule has 2 aliphatic carbocycles. The van der Waals surface area contributed by atoms with Gasteiger partial charge in [-0.05, 0) is 124 Å². The number of piperidine rings is 1. The third kappa shape index (κ3) is 3.83. The smallest absolute Gasteiger partial charge is 0.235 e. The van der Waals surface area contributed by atoms with Gasteiger partial charge in [0.25, 0.3) is 0 Å². The number of fused-ring (bicyclic) bond motifs is 1. The lowest BCUT2D eigenvalue weighted by Crippen LogP contribution is -2.38.